The minimum absolute atomic E-state index is 0. The molecule has 0 aliphatic carbocycles. The van der Waals surface area contributed by atoms with E-state index in [0.717, 1.165) is 36.5 Å². The van der Waals surface area contributed by atoms with Crippen LogP contribution in [0.25, 0.3) is 44.0 Å². The van der Waals surface area contributed by atoms with E-state index in [0.29, 0.717) is 16.6 Å². The third-order valence-electron chi connectivity index (χ3n) is 6.94. The molecule has 1 aliphatic heterocycles. The van der Waals surface area contributed by atoms with Gasteiger partial charge in [0.25, 0.3) is 0 Å². The zero-order valence-corrected chi connectivity index (χ0v) is 22.3. The number of aromatic amines is 1. The molecule has 0 unspecified atom stereocenters. The molecule has 3 aromatic heterocycles. The lowest BCUT2D eigenvalue weighted by Crippen LogP contribution is -2.29. The average Bonchev–Trinajstić information content (AvgIpc) is 3.65. The van der Waals surface area contributed by atoms with E-state index in [4.69, 9.17) is 0 Å². The number of nitriles is 1. The van der Waals surface area contributed by atoms with Gasteiger partial charge in [0.05, 0.1) is 32.8 Å². The van der Waals surface area contributed by atoms with Crippen molar-refractivity contribution in [2.45, 2.75) is 19.3 Å². The fraction of sp³-hybridized carbons (Fsp3) is 0.179. The molecule has 5 aromatic rings. The zero-order valence-electron chi connectivity index (χ0n) is 20.6. The number of phenolic OH excluding ortho intramolecular Hbond substituents is 1. The molecular weight excluding hydrogens is 566 g/mol. The lowest BCUT2D eigenvalue weighted by Gasteiger charge is -2.29. The summed E-state index contributed by atoms with van der Waals surface area (Å²) in [5.74, 6) is -9.49. The highest BCUT2D eigenvalue weighted by molar-refractivity contribution is 7.13. The fourth-order valence-corrected chi connectivity index (χ4v) is 5.78. The number of H-pyrrole nitrogens is 1. The highest BCUT2D eigenvalue weighted by atomic mass is 35.5. The number of hydrogen-bond donors (Lipinski definition) is 2. The van der Waals surface area contributed by atoms with Crippen LogP contribution < -0.4 is 4.90 Å². The first-order chi connectivity index (χ1) is 18.9. The van der Waals surface area contributed by atoms with Crippen molar-refractivity contribution in [1.82, 2.24) is 15.2 Å². The van der Waals surface area contributed by atoms with E-state index in [9.17, 15) is 19.1 Å². The number of pyridine rings is 1. The van der Waals surface area contributed by atoms with Gasteiger partial charge in [-0.25, -0.2) is 13.8 Å². The molecule has 204 valence electrons. The third-order valence-corrected chi connectivity index (χ3v) is 7.82. The van der Waals surface area contributed by atoms with Crippen LogP contribution in [0.15, 0.2) is 41.8 Å². The Morgan fingerprint density at radius 3 is 2.20 bits per heavy atom. The maximum atomic E-state index is 15.0. The van der Waals surface area contributed by atoms with Crippen molar-refractivity contribution < 1.29 is 22.7 Å². The molecule has 0 saturated carbocycles. The molecule has 2 aromatic carbocycles. The number of nitrogens with one attached hydrogen (secondary N) is 1. The molecule has 0 radical (unpaired) electrons. The summed E-state index contributed by atoms with van der Waals surface area (Å²) in [6, 6.07) is 13.0. The molecule has 0 bridgehead atoms. The first-order valence-electron chi connectivity index (χ1n) is 12.2. The number of aromatic nitrogens is 3. The Hall–Kier alpha value is -4.14. The molecule has 0 atom stereocenters. The highest BCUT2D eigenvalue weighted by Crippen LogP contribution is 2.44. The smallest absolute Gasteiger partial charge is 0.204 e. The van der Waals surface area contributed by atoms with Crippen molar-refractivity contribution in [2.75, 3.05) is 18.0 Å². The molecule has 6 nitrogen and oxygen atoms in total. The largest absolute Gasteiger partial charge is 0.503 e. The van der Waals surface area contributed by atoms with Gasteiger partial charge in [-0.05, 0) is 48.4 Å². The third kappa shape index (κ3) is 4.33. The summed E-state index contributed by atoms with van der Waals surface area (Å²) < 4.78 is 58.7. The standard InChI is InChI=1S/C28H19F4N5OS.ClH/c29-21-20(22(30)24(32)27(38)23(21)31)25-16(13-33)18(14-6-8-15(9-7-14)37-10-2-1-3-11-37)19-26(17-5-4-12-39-17)35-36-28(19)34-25;/h4-9,12,38H,1-3,10-11H2,(H,34,35,36);1H. The van der Waals surface area contributed by atoms with Crippen molar-refractivity contribution >= 4 is 40.5 Å². The predicted octanol–water partition coefficient (Wildman–Crippen LogP) is 7.57. The number of thiophene rings is 1. The van der Waals surface area contributed by atoms with Crippen LogP contribution in [0.2, 0.25) is 0 Å². The second-order valence-electron chi connectivity index (χ2n) is 9.17. The first kappa shape index (κ1) is 27.4. The first-order valence-corrected chi connectivity index (χ1v) is 13.0. The Morgan fingerprint density at radius 1 is 0.925 bits per heavy atom. The Morgan fingerprint density at radius 2 is 1.60 bits per heavy atom. The number of benzene rings is 2. The quantitative estimate of drug-likeness (QED) is 0.168. The van der Waals surface area contributed by atoms with Crippen LogP contribution >= 0.6 is 23.7 Å². The summed E-state index contributed by atoms with van der Waals surface area (Å²) in [7, 11) is 0. The number of nitrogens with zero attached hydrogens (tertiary/aromatic N) is 4. The van der Waals surface area contributed by atoms with Crippen molar-refractivity contribution in [3.63, 3.8) is 0 Å². The molecule has 1 aliphatic rings. The van der Waals surface area contributed by atoms with Gasteiger partial charge in [0.1, 0.15) is 6.07 Å². The van der Waals surface area contributed by atoms with E-state index in [1.54, 1.807) is 12.1 Å². The van der Waals surface area contributed by atoms with Crippen LogP contribution in [-0.4, -0.2) is 33.4 Å². The second kappa shape index (κ2) is 10.8. The average molecular weight is 586 g/mol. The lowest BCUT2D eigenvalue weighted by molar-refractivity contribution is 0.358. The molecule has 12 heteroatoms. The monoisotopic (exact) mass is 585 g/mol. The van der Waals surface area contributed by atoms with Gasteiger partial charge >= 0.3 is 0 Å². The summed E-state index contributed by atoms with van der Waals surface area (Å²) in [6.07, 6.45) is 3.35. The van der Waals surface area contributed by atoms with Gasteiger partial charge in [0, 0.05) is 24.3 Å². The Bertz CT molecular complexity index is 1730. The van der Waals surface area contributed by atoms with E-state index in [1.165, 1.54) is 17.8 Å². The van der Waals surface area contributed by atoms with Crippen LogP contribution in [0, 0.1) is 34.6 Å². The Balaban J connectivity index is 0.00000323. The second-order valence-corrected chi connectivity index (χ2v) is 10.1. The number of piperidine rings is 1. The van der Waals surface area contributed by atoms with Crippen molar-refractivity contribution in [3.8, 4) is 44.8 Å². The van der Waals surface area contributed by atoms with Gasteiger partial charge < -0.3 is 10.0 Å². The number of fused-ring (bicyclic) bond motifs is 1. The van der Waals surface area contributed by atoms with Crippen LogP contribution in [0.5, 0.6) is 5.75 Å². The normalized spacial score (nSPS) is 13.3. The van der Waals surface area contributed by atoms with Crippen LogP contribution in [0.4, 0.5) is 23.2 Å². The van der Waals surface area contributed by atoms with Crippen LogP contribution in [0.3, 0.4) is 0 Å². The number of halogens is 5. The van der Waals surface area contributed by atoms with Gasteiger partial charge in [-0.15, -0.1) is 23.7 Å². The summed E-state index contributed by atoms with van der Waals surface area (Å²) in [5, 5.41) is 29.1. The summed E-state index contributed by atoms with van der Waals surface area (Å²) in [6.45, 7) is 1.85. The van der Waals surface area contributed by atoms with E-state index in [-0.39, 0.29) is 29.2 Å². The van der Waals surface area contributed by atoms with E-state index >= 15 is 8.78 Å². The molecule has 0 spiro atoms. The van der Waals surface area contributed by atoms with Crippen LogP contribution in [-0.2, 0) is 0 Å². The van der Waals surface area contributed by atoms with Gasteiger partial charge in [0.2, 0.25) is 11.6 Å². The number of anilines is 1. The minimum atomic E-state index is -1.98. The van der Waals surface area contributed by atoms with Gasteiger partial charge in [-0.3, -0.25) is 5.10 Å². The number of aromatic hydroxyl groups is 1. The minimum Gasteiger partial charge on any atom is -0.503 e. The maximum Gasteiger partial charge on any atom is 0.204 e. The number of phenols is 1. The fourth-order valence-electron chi connectivity index (χ4n) is 5.05. The van der Waals surface area contributed by atoms with Crippen LogP contribution in [0.1, 0.15) is 24.8 Å². The zero-order chi connectivity index (χ0) is 27.3. The maximum absolute atomic E-state index is 15.0. The number of hydrogen-bond acceptors (Lipinski definition) is 6. The van der Waals surface area contributed by atoms with E-state index in [2.05, 4.69) is 20.1 Å². The topological polar surface area (TPSA) is 88.8 Å². The molecular formula is C28H20ClF4N5OS. The summed E-state index contributed by atoms with van der Waals surface area (Å²) >= 11 is 1.41. The van der Waals surface area contributed by atoms with Gasteiger partial charge in [-0.1, -0.05) is 18.2 Å². The van der Waals surface area contributed by atoms with Gasteiger partial charge in [-0.2, -0.15) is 19.1 Å². The summed E-state index contributed by atoms with van der Waals surface area (Å²) in [4.78, 5) is 7.23. The Labute approximate surface area is 235 Å². The lowest BCUT2D eigenvalue weighted by atomic mass is 9.92. The molecule has 4 heterocycles. The Kier molecular flexibility index (Phi) is 7.40. The van der Waals surface area contributed by atoms with Crippen molar-refractivity contribution in [2.24, 2.45) is 0 Å². The van der Waals surface area contributed by atoms with Crippen molar-refractivity contribution in [3.05, 3.63) is 70.6 Å². The molecule has 2 N–H and O–H groups in total. The molecule has 0 amide bonds. The SMILES string of the molecule is Cl.N#Cc1c(-c2c(F)c(F)c(O)c(F)c2F)nc2n[nH]c(-c3cccs3)c2c1-c1ccc(N2CCCCC2)cc1. The number of rotatable bonds is 4. The van der Waals surface area contributed by atoms with Gasteiger partial charge in [0.15, 0.2) is 23.0 Å². The molecule has 1 fully saturated rings. The van der Waals surface area contributed by atoms with E-state index in [1.807, 2.05) is 35.7 Å². The summed E-state index contributed by atoms with van der Waals surface area (Å²) in [5.41, 5.74) is 0.186. The van der Waals surface area contributed by atoms with E-state index < -0.39 is 40.3 Å². The highest BCUT2D eigenvalue weighted by Gasteiger charge is 2.31. The van der Waals surface area contributed by atoms with Crippen molar-refractivity contribution in [1.29, 1.82) is 5.26 Å². The molecule has 1 saturated heterocycles. The predicted molar refractivity (Wildman–Crippen MR) is 148 cm³/mol. The molecule has 40 heavy (non-hydrogen) atoms. The molecule has 6 rings (SSSR count).